The topological polar surface area (TPSA) is 176 Å². The van der Waals surface area contributed by atoms with Crippen molar-refractivity contribution in [3.63, 3.8) is 0 Å². The van der Waals surface area contributed by atoms with Gasteiger partial charge in [-0.05, 0) is 48.9 Å². The lowest BCUT2D eigenvalue weighted by Gasteiger charge is -2.51. The molecule has 0 spiro atoms. The van der Waals surface area contributed by atoms with Crippen molar-refractivity contribution in [1.82, 2.24) is 14.9 Å². The van der Waals surface area contributed by atoms with E-state index in [1.807, 2.05) is 0 Å². The maximum Gasteiger partial charge on any atom is 0.417 e. The van der Waals surface area contributed by atoms with E-state index in [4.69, 9.17) is 32.7 Å². The molecule has 4 aliphatic rings. The molecule has 7 rings (SSSR count). The Labute approximate surface area is 326 Å². The van der Waals surface area contributed by atoms with Crippen LogP contribution in [0.2, 0.25) is 10.0 Å². The summed E-state index contributed by atoms with van der Waals surface area (Å²) >= 11 is 12.6. The average Bonchev–Trinajstić information content (AvgIpc) is 3.52. The van der Waals surface area contributed by atoms with Gasteiger partial charge in [0.15, 0.2) is 5.82 Å². The summed E-state index contributed by atoms with van der Waals surface area (Å²) in [6.07, 6.45) is -2.85. The van der Waals surface area contributed by atoms with Crippen molar-refractivity contribution >= 4 is 58.6 Å². The zero-order chi connectivity index (χ0) is 40.4. The second-order valence-corrected chi connectivity index (χ2v) is 14.9. The number of fused-ring (bicyclic) bond motifs is 4. The highest BCUT2D eigenvalue weighted by Crippen LogP contribution is 2.66. The van der Waals surface area contributed by atoms with Gasteiger partial charge in [0.1, 0.15) is 17.2 Å². The van der Waals surface area contributed by atoms with Gasteiger partial charge in [0, 0.05) is 47.8 Å². The fourth-order valence-electron chi connectivity index (χ4n) is 8.98. The van der Waals surface area contributed by atoms with Gasteiger partial charge in [0.25, 0.3) is 11.8 Å². The molecule has 294 valence electrons. The zero-order valence-electron chi connectivity index (χ0n) is 29.6. The van der Waals surface area contributed by atoms with E-state index in [2.05, 4.69) is 10.4 Å². The number of nitrogens with one attached hydrogen (secondary N) is 1. The Morgan fingerprint density at radius 3 is 2.25 bits per heavy atom. The van der Waals surface area contributed by atoms with Crippen LogP contribution in [-0.4, -0.2) is 75.5 Å². The highest BCUT2D eigenvalue weighted by Gasteiger charge is 2.71. The van der Waals surface area contributed by atoms with Crippen molar-refractivity contribution in [2.45, 2.75) is 43.2 Å². The number of anilines is 1. The van der Waals surface area contributed by atoms with Gasteiger partial charge in [-0.15, -0.1) is 0 Å². The third-order valence-electron chi connectivity index (χ3n) is 11.2. The minimum atomic E-state index is -4.79. The first-order valence-corrected chi connectivity index (χ1v) is 18.2. The lowest BCUT2D eigenvalue weighted by molar-refractivity contribution is -0.142. The molecule has 0 bridgehead atoms. The van der Waals surface area contributed by atoms with Gasteiger partial charge in [-0.3, -0.25) is 34.3 Å². The summed E-state index contributed by atoms with van der Waals surface area (Å²) in [6.45, 7) is -0.129. The number of benzene rings is 2. The van der Waals surface area contributed by atoms with E-state index >= 15 is 4.79 Å². The molecule has 3 aromatic rings. The van der Waals surface area contributed by atoms with Crippen molar-refractivity contribution in [3.8, 4) is 17.2 Å². The molecular weight excluding hydrogens is 784 g/mol. The molecule has 1 saturated carbocycles. The molecule has 2 saturated heterocycles. The summed E-state index contributed by atoms with van der Waals surface area (Å²) in [5.74, 6) is -9.54. The van der Waals surface area contributed by atoms with Crippen LogP contribution >= 0.6 is 23.2 Å². The predicted molar refractivity (Wildman–Crippen MR) is 192 cm³/mol. The summed E-state index contributed by atoms with van der Waals surface area (Å²) < 4.78 is 52.1. The van der Waals surface area contributed by atoms with Crippen molar-refractivity contribution in [3.05, 3.63) is 87.0 Å². The largest absolute Gasteiger partial charge is 0.508 e. The van der Waals surface area contributed by atoms with Gasteiger partial charge >= 0.3 is 12.1 Å². The SMILES string of the molecule is COc1cc(O)cc(OC)c1C1C2=CCC3C(=O)N(CCCC(=O)O)C(=O)C3C2CC2C(=O)N(Nc3ncc(C(F)(F)F)cc3Cl)C(=O)C21c1ccc(Cl)cc1. The number of aromatic hydroxyl groups is 1. The smallest absolute Gasteiger partial charge is 0.417 e. The van der Waals surface area contributed by atoms with E-state index in [0.717, 1.165) is 4.90 Å². The van der Waals surface area contributed by atoms with Crippen LogP contribution in [0.3, 0.4) is 0 Å². The van der Waals surface area contributed by atoms with Crippen LogP contribution in [0, 0.1) is 23.7 Å². The maximum absolute atomic E-state index is 15.4. The van der Waals surface area contributed by atoms with E-state index in [1.54, 1.807) is 18.2 Å². The molecule has 2 aliphatic heterocycles. The van der Waals surface area contributed by atoms with Crippen molar-refractivity contribution in [2.75, 3.05) is 26.2 Å². The fraction of sp³-hybridized carbons (Fsp3) is 0.368. The first kappa shape index (κ1) is 38.9. The molecule has 13 nitrogen and oxygen atoms in total. The van der Waals surface area contributed by atoms with E-state index in [0.29, 0.717) is 33.4 Å². The lowest BCUT2D eigenvalue weighted by atomic mass is 9.49. The number of phenols is 1. The number of carbonyl (C=O) groups is 5. The molecule has 3 N–H and O–H groups in total. The number of aromatic nitrogens is 1. The van der Waals surface area contributed by atoms with Crippen LogP contribution in [0.1, 0.15) is 48.3 Å². The van der Waals surface area contributed by atoms with Gasteiger partial charge in [0.2, 0.25) is 11.8 Å². The Morgan fingerprint density at radius 2 is 1.66 bits per heavy atom. The minimum absolute atomic E-state index is 0.0260. The molecule has 6 unspecified atom stereocenters. The summed E-state index contributed by atoms with van der Waals surface area (Å²) in [5, 5.41) is 20.3. The number of hydrogen-bond acceptors (Lipinski definition) is 10. The minimum Gasteiger partial charge on any atom is -0.508 e. The van der Waals surface area contributed by atoms with Gasteiger partial charge in [-0.1, -0.05) is 47.0 Å². The number of rotatable bonds is 10. The van der Waals surface area contributed by atoms with E-state index in [9.17, 15) is 42.6 Å². The van der Waals surface area contributed by atoms with E-state index in [1.165, 1.54) is 38.5 Å². The first-order valence-electron chi connectivity index (χ1n) is 17.4. The van der Waals surface area contributed by atoms with E-state index < -0.39 is 87.2 Å². The molecule has 2 aromatic carbocycles. The summed E-state index contributed by atoms with van der Waals surface area (Å²) in [6, 6.07) is 9.40. The molecule has 3 fully saturated rings. The summed E-state index contributed by atoms with van der Waals surface area (Å²) in [5.41, 5.74) is 0.539. The number of methoxy groups -OCH3 is 2. The van der Waals surface area contributed by atoms with Crippen LogP contribution in [0.15, 0.2) is 60.3 Å². The van der Waals surface area contributed by atoms with Crippen molar-refractivity contribution in [2.24, 2.45) is 23.7 Å². The Balaban J connectivity index is 1.45. The number of hydrogen-bond donors (Lipinski definition) is 3. The number of nitrogens with zero attached hydrogens (tertiary/aromatic N) is 3. The van der Waals surface area contributed by atoms with Crippen LogP contribution in [-0.2, 0) is 35.6 Å². The summed E-state index contributed by atoms with van der Waals surface area (Å²) in [4.78, 5) is 74.4. The molecule has 18 heteroatoms. The Hall–Kier alpha value is -5.35. The maximum atomic E-state index is 15.4. The number of alkyl halides is 3. The van der Waals surface area contributed by atoms with Crippen LogP contribution in [0.25, 0.3) is 0 Å². The zero-order valence-corrected chi connectivity index (χ0v) is 31.1. The Bertz CT molecular complexity index is 2180. The highest BCUT2D eigenvalue weighted by atomic mass is 35.5. The van der Waals surface area contributed by atoms with Crippen molar-refractivity contribution < 1.29 is 56.8 Å². The number of carbonyl (C=O) groups excluding carboxylic acids is 4. The number of pyridine rings is 1. The fourth-order valence-corrected chi connectivity index (χ4v) is 9.31. The van der Waals surface area contributed by atoms with Crippen molar-refractivity contribution in [1.29, 1.82) is 0 Å². The second kappa shape index (κ2) is 14.3. The van der Waals surface area contributed by atoms with Crippen LogP contribution in [0.5, 0.6) is 17.2 Å². The molecule has 6 atom stereocenters. The molecule has 2 aliphatic carbocycles. The number of amides is 4. The molecule has 4 amide bonds. The van der Waals surface area contributed by atoms with E-state index in [-0.39, 0.29) is 55.0 Å². The average molecular weight is 818 g/mol. The van der Waals surface area contributed by atoms with Crippen LogP contribution < -0.4 is 14.9 Å². The number of hydrazine groups is 1. The third kappa shape index (κ3) is 6.09. The third-order valence-corrected chi connectivity index (χ3v) is 11.8. The highest BCUT2D eigenvalue weighted by molar-refractivity contribution is 6.33. The standard InChI is InChI=1S/C38H33Cl2F3N4O9/c1-55-26-13-20(48)14-27(56-2)30(26)31-21-9-10-22-29(35(53)46(33(22)51)11-3-4-28(49)50)23(21)15-24-34(52)47(36(54)37(24,31)17-5-7-19(39)8-6-17)45-32-25(40)12-18(16-44-32)38(41,42)43/h5-9,12-14,16,22-24,29,31,48H,3-4,10-11,15H2,1-2H3,(H,44,45)(H,49,50). The second-order valence-electron chi connectivity index (χ2n) is 14.0. The van der Waals surface area contributed by atoms with Gasteiger partial charge in [-0.25, -0.2) is 4.98 Å². The molecule has 56 heavy (non-hydrogen) atoms. The number of imide groups is 2. The van der Waals surface area contributed by atoms with Crippen LogP contribution in [0.4, 0.5) is 19.0 Å². The number of likely N-dealkylation sites (tertiary alicyclic amines) is 1. The molecule has 3 heterocycles. The van der Waals surface area contributed by atoms with Gasteiger partial charge < -0.3 is 19.7 Å². The predicted octanol–water partition coefficient (Wildman–Crippen LogP) is 5.98. The number of carboxylic acids is 1. The quantitative estimate of drug-likeness (QED) is 0.162. The number of aliphatic carboxylic acids is 1. The summed E-state index contributed by atoms with van der Waals surface area (Å²) in [7, 11) is 2.66. The Kier molecular flexibility index (Phi) is 9.94. The van der Waals surface area contributed by atoms with Gasteiger partial charge in [0.05, 0.1) is 48.0 Å². The molecule has 0 radical (unpaired) electrons. The lowest BCUT2D eigenvalue weighted by Crippen LogP contribution is -2.53. The number of ether oxygens (including phenoxy) is 2. The number of carboxylic acid groups (broad SMARTS) is 1. The van der Waals surface area contributed by atoms with Gasteiger partial charge in [-0.2, -0.15) is 18.2 Å². The molecule has 1 aromatic heterocycles. The number of halogens is 5. The monoisotopic (exact) mass is 816 g/mol. The number of allylic oxidation sites excluding steroid dienone is 2. The normalized spacial score (nSPS) is 25.8. The number of phenolic OH excluding ortho intramolecular Hbond substituents is 1. The molecular formula is C38H33Cl2F3N4O9. The first-order chi connectivity index (χ1) is 26.5. The Morgan fingerprint density at radius 1 is 1.00 bits per heavy atom.